The first-order valence-electron chi connectivity index (χ1n) is 4.75. The van der Waals surface area contributed by atoms with Gasteiger partial charge in [0.15, 0.2) is 10.9 Å². The van der Waals surface area contributed by atoms with Crippen LogP contribution in [0.1, 0.15) is 13.3 Å². The largest absolute Gasteiger partial charge is 0.294 e. The molecule has 0 aromatic carbocycles. The lowest BCUT2D eigenvalue weighted by Crippen LogP contribution is -2.25. The van der Waals surface area contributed by atoms with Gasteiger partial charge < -0.3 is 0 Å². The third-order valence-corrected chi connectivity index (χ3v) is 3.41. The van der Waals surface area contributed by atoms with Gasteiger partial charge in [-0.2, -0.15) is 5.10 Å². The second kappa shape index (κ2) is 4.47. The molecular formula is C9H10ClN3O2S. The van der Waals surface area contributed by atoms with Gasteiger partial charge in [-0.1, -0.05) is 23.4 Å². The fraction of sp³-hybridized carbons (Fsp3) is 0.444. The fourth-order valence-corrected chi connectivity index (χ4v) is 2.70. The molecule has 7 heteroatoms. The molecule has 1 aromatic rings. The van der Waals surface area contributed by atoms with E-state index in [1.807, 2.05) is 0 Å². The molecule has 1 atom stereocenters. The van der Waals surface area contributed by atoms with Crippen molar-refractivity contribution in [2.45, 2.75) is 18.6 Å². The van der Waals surface area contributed by atoms with E-state index in [1.165, 1.54) is 18.7 Å². The van der Waals surface area contributed by atoms with Crippen LogP contribution in [0.25, 0.3) is 0 Å². The topological polar surface area (TPSA) is 66.1 Å². The molecule has 1 fully saturated rings. The number of amides is 1. The van der Waals surface area contributed by atoms with E-state index in [0.717, 1.165) is 0 Å². The lowest BCUT2D eigenvalue weighted by Gasteiger charge is -2.11. The molecule has 2 rings (SSSR count). The van der Waals surface area contributed by atoms with Crippen LogP contribution in [-0.2, 0) is 9.59 Å². The first-order chi connectivity index (χ1) is 7.56. The number of aromatic amines is 1. The number of H-pyrrole nitrogens is 1. The predicted molar refractivity (Wildman–Crippen MR) is 62.6 cm³/mol. The molecule has 1 unspecified atom stereocenters. The highest BCUT2D eigenvalue weighted by molar-refractivity contribution is 8.14. The molecule has 0 spiro atoms. The summed E-state index contributed by atoms with van der Waals surface area (Å²) >= 11 is 6.89. The number of rotatable bonds is 2. The van der Waals surface area contributed by atoms with Crippen molar-refractivity contribution in [3.63, 3.8) is 0 Å². The predicted octanol–water partition coefficient (Wildman–Crippen LogP) is 1.45. The van der Waals surface area contributed by atoms with Crippen molar-refractivity contribution in [1.82, 2.24) is 10.2 Å². The lowest BCUT2D eigenvalue weighted by atomic mass is 10.4. The molecule has 0 aliphatic carbocycles. The first kappa shape index (κ1) is 11.5. The molecule has 0 bridgehead atoms. The van der Waals surface area contributed by atoms with Crippen molar-refractivity contribution in [2.24, 2.45) is 0 Å². The molecule has 1 saturated heterocycles. The zero-order chi connectivity index (χ0) is 11.7. The summed E-state index contributed by atoms with van der Waals surface area (Å²) in [5, 5.41) is 6.92. The summed E-state index contributed by atoms with van der Waals surface area (Å²) in [7, 11) is 0. The maximum Gasteiger partial charge on any atom is 0.229 e. The van der Waals surface area contributed by atoms with Crippen LogP contribution in [0.4, 0.5) is 5.82 Å². The van der Waals surface area contributed by atoms with Crippen molar-refractivity contribution < 1.29 is 9.59 Å². The summed E-state index contributed by atoms with van der Waals surface area (Å²) in [5.74, 6) is 0.489. The van der Waals surface area contributed by atoms with Crippen LogP contribution >= 0.6 is 23.4 Å². The van der Waals surface area contributed by atoms with Gasteiger partial charge in [-0.25, -0.2) is 0 Å². The Kier molecular flexibility index (Phi) is 3.20. The Morgan fingerprint density at radius 1 is 1.75 bits per heavy atom. The SMILES string of the molecule is CC(=O)SC1CC(=O)N(c2cc(Cl)[nH]n2)C1. The van der Waals surface area contributed by atoms with E-state index in [-0.39, 0.29) is 16.3 Å². The van der Waals surface area contributed by atoms with Crippen molar-refractivity contribution in [3.05, 3.63) is 11.2 Å². The summed E-state index contributed by atoms with van der Waals surface area (Å²) in [6, 6.07) is 1.60. The highest BCUT2D eigenvalue weighted by Crippen LogP contribution is 2.28. The number of anilines is 1. The van der Waals surface area contributed by atoms with E-state index in [9.17, 15) is 9.59 Å². The number of nitrogens with one attached hydrogen (secondary N) is 1. The van der Waals surface area contributed by atoms with Crippen molar-refractivity contribution in [3.8, 4) is 0 Å². The number of hydrogen-bond acceptors (Lipinski definition) is 4. The lowest BCUT2D eigenvalue weighted by molar-refractivity contribution is -0.117. The highest BCUT2D eigenvalue weighted by Gasteiger charge is 2.33. The normalized spacial score (nSPS) is 20.5. The second-order valence-electron chi connectivity index (χ2n) is 3.51. The average Bonchev–Trinajstić information content (AvgIpc) is 2.72. The van der Waals surface area contributed by atoms with Gasteiger partial charge in [0.2, 0.25) is 5.91 Å². The zero-order valence-electron chi connectivity index (χ0n) is 8.57. The number of hydrogen-bond donors (Lipinski definition) is 1. The molecule has 1 N–H and O–H groups in total. The molecule has 1 amide bonds. The molecule has 5 nitrogen and oxygen atoms in total. The van der Waals surface area contributed by atoms with E-state index in [0.29, 0.717) is 23.9 Å². The molecule has 86 valence electrons. The number of aromatic nitrogens is 2. The zero-order valence-corrected chi connectivity index (χ0v) is 10.1. The summed E-state index contributed by atoms with van der Waals surface area (Å²) < 4.78 is 0. The van der Waals surface area contributed by atoms with Crippen LogP contribution in [0, 0.1) is 0 Å². The Balaban J connectivity index is 2.08. The van der Waals surface area contributed by atoms with Crippen LogP contribution in [0.2, 0.25) is 5.15 Å². The van der Waals surface area contributed by atoms with E-state index >= 15 is 0 Å². The molecule has 1 aliphatic heterocycles. The van der Waals surface area contributed by atoms with Gasteiger partial charge in [-0.15, -0.1) is 0 Å². The van der Waals surface area contributed by atoms with Crippen LogP contribution < -0.4 is 4.90 Å². The van der Waals surface area contributed by atoms with Crippen molar-refractivity contribution >= 4 is 40.2 Å². The summed E-state index contributed by atoms with van der Waals surface area (Å²) in [5.41, 5.74) is 0. The molecular weight excluding hydrogens is 250 g/mol. The van der Waals surface area contributed by atoms with Crippen LogP contribution in [0.3, 0.4) is 0 Å². The molecule has 0 saturated carbocycles. The third kappa shape index (κ3) is 2.38. The molecule has 1 aromatic heterocycles. The van der Waals surface area contributed by atoms with Gasteiger partial charge in [0.1, 0.15) is 5.15 Å². The minimum absolute atomic E-state index is 0.0143. The number of nitrogens with zero attached hydrogens (tertiary/aromatic N) is 2. The quantitative estimate of drug-likeness (QED) is 0.873. The third-order valence-electron chi connectivity index (χ3n) is 2.23. The number of carbonyl (C=O) groups is 2. The first-order valence-corrected chi connectivity index (χ1v) is 6.00. The minimum atomic E-state index is -0.0260. The van der Waals surface area contributed by atoms with E-state index in [2.05, 4.69) is 10.2 Å². The highest BCUT2D eigenvalue weighted by atomic mass is 35.5. The Bertz CT molecular complexity index is 434. The number of thioether (sulfide) groups is 1. The Morgan fingerprint density at radius 3 is 3.06 bits per heavy atom. The van der Waals surface area contributed by atoms with Gasteiger partial charge in [0, 0.05) is 31.2 Å². The summed E-state index contributed by atoms with van der Waals surface area (Å²) in [6.45, 7) is 2.01. The maximum atomic E-state index is 11.7. The Labute approximate surface area is 102 Å². The average molecular weight is 260 g/mol. The smallest absolute Gasteiger partial charge is 0.229 e. The Morgan fingerprint density at radius 2 is 2.50 bits per heavy atom. The van der Waals surface area contributed by atoms with E-state index < -0.39 is 0 Å². The summed E-state index contributed by atoms with van der Waals surface area (Å²) in [4.78, 5) is 24.2. The Hall–Kier alpha value is -1.01. The van der Waals surface area contributed by atoms with E-state index in [4.69, 9.17) is 11.6 Å². The van der Waals surface area contributed by atoms with Gasteiger partial charge in [0.25, 0.3) is 0 Å². The van der Waals surface area contributed by atoms with Crippen molar-refractivity contribution in [1.29, 1.82) is 0 Å². The summed E-state index contributed by atoms with van der Waals surface area (Å²) in [6.07, 6.45) is 0.370. The maximum absolute atomic E-state index is 11.7. The fourth-order valence-electron chi connectivity index (χ4n) is 1.64. The van der Waals surface area contributed by atoms with Gasteiger partial charge in [0.05, 0.1) is 0 Å². The van der Waals surface area contributed by atoms with Crippen LogP contribution in [0.5, 0.6) is 0 Å². The monoisotopic (exact) mass is 259 g/mol. The van der Waals surface area contributed by atoms with Crippen LogP contribution in [0.15, 0.2) is 6.07 Å². The second-order valence-corrected chi connectivity index (χ2v) is 5.40. The molecule has 0 radical (unpaired) electrons. The number of carbonyl (C=O) groups excluding carboxylic acids is 2. The van der Waals surface area contributed by atoms with Crippen molar-refractivity contribution in [2.75, 3.05) is 11.4 Å². The van der Waals surface area contributed by atoms with Crippen LogP contribution in [-0.4, -0.2) is 33.0 Å². The minimum Gasteiger partial charge on any atom is -0.294 e. The number of halogens is 1. The standard InChI is InChI=1S/C9H10ClN3O2S/c1-5(14)16-6-2-9(15)13(4-6)8-3-7(10)11-12-8/h3,6H,2,4H2,1H3,(H,11,12). The van der Waals surface area contributed by atoms with Gasteiger partial charge in [-0.05, 0) is 0 Å². The van der Waals surface area contributed by atoms with Gasteiger partial charge >= 0.3 is 0 Å². The molecule has 2 heterocycles. The van der Waals surface area contributed by atoms with E-state index in [1.54, 1.807) is 11.0 Å². The molecule has 16 heavy (non-hydrogen) atoms. The van der Waals surface area contributed by atoms with Gasteiger partial charge in [-0.3, -0.25) is 19.6 Å². The molecule has 1 aliphatic rings.